The van der Waals surface area contributed by atoms with Crippen molar-refractivity contribution in [3.8, 4) is 11.1 Å². The number of amidine groups is 1. The molecule has 0 amide bonds. The Morgan fingerprint density at radius 1 is 1.11 bits per heavy atom. The molecule has 2 nitrogen and oxygen atoms in total. The van der Waals surface area contributed by atoms with E-state index in [9.17, 15) is 0 Å². The maximum Gasteiger partial charge on any atom is 0.169 e. The topological polar surface area (TPSA) is 36.2 Å². The van der Waals surface area contributed by atoms with E-state index in [0.29, 0.717) is 0 Å². The molecule has 1 unspecified atom stereocenters. The van der Waals surface area contributed by atoms with E-state index in [0.717, 1.165) is 23.3 Å². The quantitative estimate of drug-likeness (QED) is 0.421. The number of fused-ring (bicyclic) bond motifs is 3. The maximum atomic E-state index is 7.66. The highest BCUT2D eigenvalue weighted by Crippen LogP contribution is 2.49. The van der Waals surface area contributed by atoms with Crippen molar-refractivity contribution >= 4 is 24.9 Å². The van der Waals surface area contributed by atoms with Gasteiger partial charge in [-0.25, -0.2) is 4.99 Å². The van der Waals surface area contributed by atoms with Crippen molar-refractivity contribution in [2.45, 2.75) is 32.6 Å². The minimum absolute atomic E-state index is 0.00750. The fraction of sp³-hybridized carbons (Fsp3) is 0.250. The van der Waals surface area contributed by atoms with E-state index in [1.165, 1.54) is 22.3 Å². The molecule has 0 heterocycles. The van der Waals surface area contributed by atoms with Crippen LogP contribution < -0.4 is 0 Å². The van der Waals surface area contributed by atoms with Crippen molar-refractivity contribution in [3.05, 3.63) is 77.4 Å². The summed E-state index contributed by atoms with van der Waals surface area (Å²) in [6.45, 7) is 6.71. The Morgan fingerprint density at radius 2 is 1.85 bits per heavy atom. The van der Waals surface area contributed by atoms with E-state index in [-0.39, 0.29) is 17.1 Å². The number of nitrogens with one attached hydrogen (secondary N) is 1. The molecule has 2 aliphatic carbocycles. The number of benzene rings is 2. The van der Waals surface area contributed by atoms with Crippen molar-refractivity contribution in [2.24, 2.45) is 10.9 Å². The van der Waals surface area contributed by atoms with Gasteiger partial charge in [0, 0.05) is 16.9 Å². The zero-order valence-corrected chi connectivity index (χ0v) is 16.1. The van der Waals surface area contributed by atoms with Crippen LogP contribution in [0.3, 0.4) is 0 Å². The van der Waals surface area contributed by atoms with Gasteiger partial charge in [0.2, 0.25) is 0 Å². The fourth-order valence-electron chi connectivity index (χ4n) is 4.40. The summed E-state index contributed by atoms with van der Waals surface area (Å²) in [4.78, 5) is 4.37. The van der Waals surface area contributed by atoms with Crippen LogP contribution in [0, 0.1) is 11.3 Å². The minimum Gasteiger partial charge on any atom is -0.298 e. The average Bonchev–Trinajstić information content (AvgIpc) is 2.89. The van der Waals surface area contributed by atoms with Gasteiger partial charge in [0.15, 0.2) is 7.85 Å². The molecule has 4 rings (SSSR count). The fourth-order valence-corrected chi connectivity index (χ4v) is 4.40. The monoisotopic (exact) mass is 350 g/mol. The molecule has 0 saturated heterocycles. The largest absolute Gasteiger partial charge is 0.298 e. The molecule has 2 aliphatic rings. The lowest BCUT2D eigenvalue weighted by Gasteiger charge is -2.23. The smallest absolute Gasteiger partial charge is 0.169 e. The zero-order chi connectivity index (χ0) is 19.2. The van der Waals surface area contributed by atoms with Crippen LogP contribution in [0.1, 0.15) is 43.9 Å². The summed E-state index contributed by atoms with van der Waals surface area (Å²) >= 11 is 0. The van der Waals surface area contributed by atoms with Crippen LogP contribution in [0.15, 0.2) is 65.7 Å². The zero-order valence-electron chi connectivity index (χ0n) is 16.1. The van der Waals surface area contributed by atoms with Crippen LogP contribution >= 0.6 is 0 Å². The Bertz CT molecular complexity index is 1020. The molecular formula is C24H23BN2. The lowest BCUT2D eigenvalue weighted by atomic mass is 9.81. The minimum atomic E-state index is -0.141. The molecule has 132 valence electrons. The van der Waals surface area contributed by atoms with Crippen LogP contribution in [0.4, 0.5) is 0 Å². The van der Waals surface area contributed by atoms with Gasteiger partial charge in [-0.3, -0.25) is 5.41 Å². The van der Waals surface area contributed by atoms with Crippen LogP contribution in [-0.2, 0) is 5.41 Å². The number of aliphatic imine (C=N–C) groups is 1. The average molecular weight is 350 g/mol. The molecule has 0 saturated carbocycles. The summed E-state index contributed by atoms with van der Waals surface area (Å²) in [5, 5.41) is 7.66. The lowest BCUT2D eigenvalue weighted by molar-refractivity contribution is 0.660. The lowest BCUT2D eigenvalue weighted by Crippen LogP contribution is -2.18. The standard InChI is InChI=1S/C24H23BN2/c1-4-15-8-7-10-17(22(15)27-23(25)26)16-12-13-21-19(14-16)18-9-5-6-11-20(18)24(21,2)3/h5-15,26H,4H2,1-3H3. The first-order chi connectivity index (χ1) is 12.9. The first-order valence-corrected chi connectivity index (χ1v) is 9.49. The third-order valence-electron chi connectivity index (χ3n) is 5.81. The molecule has 2 radical (unpaired) electrons. The summed E-state index contributed by atoms with van der Waals surface area (Å²) < 4.78 is 0. The van der Waals surface area contributed by atoms with Crippen molar-refractivity contribution in [1.82, 2.24) is 0 Å². The molecular weight excluding hydrogens is 327 g/mol. The van der Waals surface area contributed by atoms with Crippen LogP contribution in [0.25, 0.3) is 16.7 Å². The van der Waals surface area contributed by atoms with Crippen molar-refractivity contribution < 1.29 is 0 Å². The van der Waals surface area contributed by atoms with Gasteiger partial charge in [0.1, 0.15) is 0 Å². The van der Waals surface area contributed by atoms with Crippen molar-refractivity contribution in [1.29, 1.82) is 5.41 Å². The van der Waals surface area contributed by atoms with Gasteiger partial charge in [-0.05, 0) is 40.3 Å². The van der Waals surface area contributed by atoms with Crippen LogP contribution in [0.2, 0.25) is 0 Å². The molecule has 0 bridgehead atoms. The molecule has 0 spiro atoms. The van der Waals surface area contributed by atoms with Gasteiger partial charge in [0.25, 0.3) is 0 Å². The molecule has 1 N–H and O–H groups in total. The number of rotatable bonds is 2. The Hall–Kier alpha value is -2.68. The van der Waals surface area contributed by atoms with E-state index >= 15 is 0 Å². The predicted octanol–water partition coefficient (Wildman–Crippen LogP) is 5.52. The molecule has 0 fully saturated rings. The Labute approximate surface area is 162 Å². The summed E-state index contributed by atoms with van der Waals surface area (Å²) in [6, 6.07) is 15.4. The molecule has 1 atom stereocenters. The number of hydrogen-bond donors (Lipinski definition) is 1. The summed E-state index contributed by atoms with van der Waals surface area (Å²) in [5.74, 6) is 0.186. The Morgan fingerprint density at radius 3 is 2.59 bits per heavy atom. The van der Waals surface area contributed by atoms with Gasteiger partial charge < -0.3 is 0 Å². The third-order valence-corrected chi connectivity index (χ3v) is 5.81. The van der Waals surface area contributed by atoms with Crippen LogP contribution in [0.5, 0.6) is 0 Å². The first-order valence-electron chi connectivity index (χ1n) is 9.49. The number of allylic oxidation sites excluding steroid dienone is 4. The predicted molar refractivity (Wildman–Crippen MR) is 116 cm³/mol. The highest BCUT2D eigenvalue weighted by atomic mass is 14.8. The van der Waals surface area contributed by atoms with Gasteiger partial charge in [0.05, 0.1) is 11.4 Å². The Kier molecular flexibility index (Phi) is 4.26. The van der Waals surface area contributed by atoms with Gasteiger partial charge >= 0.3 is 0 Å². The molecule has 2 aromatic carbocycles. The van der Waals surface area contributed by atoms with E-state index in [2.05, 4.69) is 86.5 Å². The molecule has 0 aromatic heterocycles. The maximum absolute atomic E-state index is 7.66. The number of hydrogen-bond acceptors (Lipinski definition) is 1. The molecule has 3 heteroatoms. The van der Waals surface area contributed by atoms with Crippen LogP contribution in [-0.4, -0.2) is 19.3 Å². The van der Waals surface area contributed by atoms with Crippen molar-refractivity contribution in [2.75, 3.05) is 0 Å². The van der Waals surface area contributed by atoms with E-state index in [1.54, 1.807) is 0 Å². The Balaban J connectivity index is 1.88. The number of nitrogens with zero attached hydrogens (tertiary/aromatic N) is 1. The third kappa shape index (κ3) is 2.82. The van der Waals surface area contributed by atoms with Gasteiger partial charge in [-0.1, -0.05) is 75.4 Å². The normalized spacial score (nSPS) is 20.9. The van der Waals surface area contributed by atoms with Gasteiger partial charge in [-0.2, -0.15) is 0 Å². The van der Waals surface area contributed by atoms with Crippen molar-refractivity contribution in [3.63, 3.8) is 0 Å². The SMILES string of the molecule is [B]C(=N)N=C1C(c2ccc3c(c2)-c2ccccc2C3(C)C)=CC=CC1CC. The van der Waals surface area contributed by atoms with E-state index < -0.39 is 0 Å². The molecule has 27 heavy (non-hydrogen) atoms. The molecule has 0 aliphatic heterocycles. The van der Waals surface area contributed by atoms with E-state index in [1.807, 2.05) is 0 Å². The first kappa shape index (κ1) is 17.7. The van der Waals surface area contributed by atoms with E-state index in [4.69, 9.17) is 13.3 Å². The summed E-state index contributed by atoms with van der Waals surface area (Å²) in [5.41, 5.74) is 8.27. The second kappa shape index (κ2) is 6.49. The highest BCUT2D eigenvalue weighted by molar-refractivity contribution is 6.59. The molecule has 2 aromatic rings. The highest BCUT2D eigenvalue weighted by Gasteiger charge is 2.35. The summed E-state index contributed by atoms with van der Waals surface area (Å²) in [7, 11) is 5.61. The van der Waals surface area contributed by atoms with Gasteiger partial charge in [-0.15, -0.1) is 0 Å². The second-order valence-electron chi connectivity index (χ2n) is 7.79. The second-order valence-corrected chi connectivity index (χ2v) is 7.79. The summed E-state index contributed by atoms with van der Waals surface area (Å²) in [6.07, 6.45) is 7.24.